The second-order valence-electron chi connectivity index (χ2n) is 2.68. The van der Waals surface area contributed by atoms with Crippen LogP contribution in [0.1, 0.15) is 10.4 Å². The summed E-state index contributed by atoms with van der Waals surface area (Å²) in [6, 6.07) is 5.71. The van der Waals surface area contributed by atoms with Crippen molar-refractivity contribution in [1.29, 1.82) is 0 Å². The molecule has 0 unspecified atom stereocenters. The van der Waals surface area contributed by atoms with E-state index in [9.17, 15) is 4.79 Å². The maximum atomic E-state index is 10.3. The predicted octanol–water partition coefficient (Wildman–Crippen LogP) is -1.06. The smallest absolute Gasteiger partial charge is 0.699 e. The van der Waals surface area contributed by atoms with Crippen LogP contribution < -0.4 is 51.4 Å². The Bertz CT molecular complexity index is 409. The fourth-order valence-electron chi connectivity index (χ4n) is 0.818. The molecule has 1 aromatic heterocycles. The molecule has 2 aromatic rings. The quantitative estimate of drug-likeness (QED) is 0.656. The van der Waals surface area contributed by atoms with Gasteiger partial charge in [-0.1, -0.05) is 12.1 Å². The number of nitrogens with zero attached hydrogens (tertiary/aromatic N) is 3. The van der Waals surface area contributed by atoms with E-state index in [0.717, 1.165) is 0 Å². The van der Waals surface area contributed by atoms with Crippen molar-refractivity contribution >= 4 is 11.7 Å². The summed E-state index contributed by atoms with van der Waals surface area (Å²) in [7, 11) is 0. The molecule has 0 bridgehead atoms. The van der Waals surface area contributed by atoms with Gasteiger partial charge in [0.05, 0.1) is 5.56 Å². The van der Waals surface area contributed by atoms with E-state index in [1.54, 1.807) is 0 Å². The first-order valence-electron chi connectivity index (χ1n) is 4.30. The van der Waals surface area contributed by atoms with Crippen LogP contribution >= 0.6 is 0 Å². The summed E-state index contributed by atoms with van der Waals surface area (Å²) in [5.41, 5.74) is 7.58. The zero-order valence-electron chi connectivity index (χ0n) is 9.24. The molecule has 6 nitrogen and oxygen atoms in total. The summed E-state index contributed by atoms with van der Waals surface area (Å²) < 4.78 is 0. The van der Waals surface area contributed by atoms with E-state index < -0.39 is 5.97 Å². The third kappa shape index (κ3) is 7.13. The molecule has 1 heterocycles. The van der Waals surface area contributed by atoms with E-state index in [0.29, 0.717) is 5.69 Å². The number of carboxylic acid groups (broad SMARTS) is 1. The second-order valence-corrected chi connectivity index (χ2v) is 2.68. The van der Waals surface area contributed by atoms with Gasteiger partial charge in [0.1, 0.15) is 19.0 Å². The van der Waals surface area contributed by atoms with Gasteiger partial charge in [-0.3, -0.25) is 0 Å². The Balaban J connectivity index is 0.000000316. The largest absolute Gasteiger partial charge is 1.00 e. The summed E-state index contributed by atoms with van der Waals surface area (Å²) in [6.07, 6.45) is 4.31. The molecule has 0 radical (unpaired) electrons. The van der Waals surface area contributed by atoms with Gasteiger partial charge in [-0.2, -0.15) is 0 Å². The Morgan fingerprint density at radius 2 is 1.41 bits per heavy atom. The van der Waals surface area contributed by atoms with Crippen LogP contribution in [-0.2, 0) is 0 Å². The Hall–Kier alpha value is -0.864. The average Bonchev–Trinajstić information content (AvgIpc) is 2.32. The molecule has 0 saturated carbocycles. The standard InChI is InChI=1S/C7H6NO2.C3H3N3.K/c8-6-3-1-5(2-4-6)7(9)10;1-4-2-6-3-5-1;/h1-4,8H,(H,9,10);1-3H;/q-1;;+1. The Morgan fingerprint density at radius 1 is 1.00 bits per heavy atom. The molecule has 2 N–H and O–H groups in total. The number of carbonyl (C=O) groups is 1. The van der Waals surface area contributed by atoms with E-state index >= 15 is 0 Å². The van der Waals surface area contributed by atoms with Gasteiger partial charge in [0.2, 0.25) is 0 Å². The zero-order valence-corrected chi connectivity index (χ0v) is 12.4. The molecule has 1 aromatic carbocycles. The van der Waals surface area contributed by atoms with Crippen LogP contribution in [0, 0.1) is 0 Å². The van der Waals surface area contributed by atoms with Gasteiger partial charge in [-0.15, -0.1) is 5.69 Å². The van der Waals surface area contributed by atoms with Gasteiger partial charge in [0, 0.05) is 0 Å². The Labute approximate surface area is 141 Å². The molecule has 0 fully saturated rings. The van der Waals surface area contributed by atoms with Gasteiger partial charge in [-0.25, -0.2) is 19.7 Å². The van der Waals surface area contributed by atoms with Gasteiger partial charge < -0.3 is 10.8 Å². The number of nitrogens with one attached hydrogen (secondary N) is 1. The minimum atomic E-state index is -0.958. The number of benzene rings is 1. The monoisotopic (exact) mass is 256 g/mol. The number of hydrogen-bond acceptors (Lipinski definition) is 4. The van der Waals surface area contributed by atoms with E-state index in [-0.39, 0.29) is 56.9 Å². The predicted molar refractivity (Wildman–Crippen MR) is 57.2 cm³/mol. The summed E-state index contributed by atoms with van der Waals surface area (Å²) >= 11 is 0. The second kappa shape index (κ2) is 9.20. The molecular formula is C10H9KN4O2. The van der Waals surface area contributed by atoms with E-state index in [4.69, 9.17) is 10.8 Å². The normalized spacial score (nSPS) is 8.24. The molecule has 0 aliphatic heterocycles. The fraction of sp³-hybridized carbons (Fsp3) is 0. The SMILES string of the molecule is [K+].[NH-]c1ccc(C(=O)O)cc1.c1ncncn1. The first kappa shape index (κ1) is 16.1. The molecule has 0 amide bonds. The van der Waals surface area contributed by atoms with Gasteiger partial charge >= 0.3 is 57.4 Å². The van der Waals surface area contributed by atoms with Crippen molar-refractivity contribution in [1.82, 2.24) is 15.0 Å². The summed E-state index contributed by atoms with van der Waals surface area (Å²) in [5.74, 6) is -0.958. The van der Waals surface area contributed by atoms with Crippen molar-refractivity contribution in [3.8, 4) is 0 Å². The first-order valence-corrected chi connectivity index (χ1v) is 4.30. The first-order chi connectivity index (χ1) is 7.70. The Morgan fingerprint density at radius 3 is 1.71 bits per heavy atom. The van der Waals surface area contributed by atoms with Crippen LogP contribution in [0.3, 0.4) is 0 Å². The zero-order chi connectivity index (χ0) is 11.8. The molecule has 0 saturated heterocycles. The topological polar surface area (TPSA) is 99.8 Å². The number of hydrogen-bond donors (Lipinski definition) is 1. The summed E-state index contributed by atoms with van der Waals surface area (Å²) in [6.45, 7) is 0. The number of rotatable bonds is 1. The minimum absolute atomic E-state index is 0. The van der Waals surface area contributed by atoms with Gasteiger partial charge in [-0.05, 0) is 12.1 Å². The number of aromatic nitrogens is 3. The minimum Gasteiger partial charge on any atom is -0.699 e. The van der Waals surface area contributed by atoms with Crippen LogP contribution in [0.2, 0.25) is 0 Å². The molecule has 0 aliphatic rings. The summed E-state index contributed by atoms with van der Waals surface area (Å²) in [5, 5.41) is 8.41. The van der Waals surface area contributed by atoms with Crippen LogP contribution in [0.5, 0.6) is 0 Å². The maximum Gasteiger partial charge on any atom is 1.00 e. The van der Waals surface area contributed by atoms with Crippen molar-refractivity contribution in [3.63, 3.8) is 0 Å². The third-order valence-corrected chi connectivity index (χ3v) is 1.53. The van der Waals surface area contributed by atoms with E-state index in [2.05, 4.69) is 15.0 Å². The van der Waals surface area contributed by atoms with Gasteiger partial charge in [0.25, 0.3) is 0 Å². The Kier molecular flexibility index (Phi) is 8.73. The average molecular weight is 256 g/mol. The van der Waals surface area contributed by atoms with Crippen molar-refractivity contribution < 1.29 is 61.3 Å². The number of carboxylic acids is 1. The number of aromatic carboxylic acids is 1. The maximum absolute atomic E-state index is 10.3. The molecule has 7 heteroatoms. The molecule has 0 aliphatic carbocycles. The van der Waals surface area contributed by atoms with E-state index in [1.807, 2.05) is 0 Å². The van der Waals surface area contributed by atoms with Crippen LogP contribution in [0.15, 0.2) is 43.2 Å². The van der Waals surface area contributed by atoms with Crippen LogP contribution in [0.25, 0.3) is 5.73 Å². The summed E-state index contributed by atoms with van der Waals surface area (Å²) in [4.78, 5) is 20.9. The molecule has 0 spiro atoms. The van der Waals surface area contributed by atoms with E-state index in [1.165, 1.54) is 43.2 Å². The molecule has 2 rings (SSSR count). The fourth-order valence-corrected chi connectivity index (χ4v) is 0.818. The van der Waals surface area contributed by atoms with Crippen molar-refractivity contribution in [2.24, 2.45) is 0 Å². The molecule has 0 atom stereocenters. The molecular weight excluding hydrogens is 247 g/mol. The van der Waals surface area contributed by atoms with Crippen LogP contribution in [-0.4, -0.2) is 26.0 Å². The van der Waals surface area contributed by atoms with Gasteiger partial charge in [0.15, 0.2) is 0 Å². The third-order valence-electron chi connectivity index (χ3n) is 1.53. The molecule has 17 heavy (non-hydrogen) atoms. The van der Waals surface area contributed by atoms with Crippen LogP contribution in [0.4, 0.5) is 5.69 Å². The molecule has 82 valence electrons. The van der Waals surface area contributed by atoms with Crippen molar-refractivity contribution in [3.05, 3.63) is 54.5 Å². The van der Waals surface area contributed by atoms with Crippen molar-refractivity contribution in [2.75, 3.05) is 0 Å². The van der Waals surface area contributed by atoms with Crippen molar-refractivity contribution in [2.45, 2.75) is 0 Å².